The minimum Gasteiger partial charge on any atom is -0.350 e. The summed E-state index contributed by atoms with van der Waals surface area (Å²) in [4.78, 5) is 22.9. The number of hydrogen-bond acceptors (Lipinski definition) is 4. The number of likely N-dealkylation sites (tertiary alicyclic amines) is 1. The third kappa shape index (κ3) is 4.06. The van der Waals surface area contributed by atoms with Gasteiger partial charge in [0.05, 0.1) is 0 Å². The molecule has 2 heterocycles. The van der Waals surface area contributed by atoms with Crippen molar-refractivity contribution in [1.29, 1.82) is 0 Å². The van der Waals surface area contributed by atoms with Crippen molar-refractivity contribution in [2.45, 2.75) is 32.7 Å². The molecule has 23 heavy (non-hydrogen) atoms. The van der Waals surface area contributed by atoms with E-state index in [1.54, 1.807) is 12.3 Å². The van der Waals surface area contributed by atoms with Crippen LogP contribution in [0.4, 0.5) is 5.95 Å². The zero-order valence-electron chi connectivity index (χ0n) is 13.5. The normalized spacial score (nSPS) is 14.6. The summed E-state index contributed by atoms with van der Waals surface area (Å²) >= 11 is 0. The minimum atomic E-state index is 0.00528. The first-order valence-corrected chi connectivity index (χ1v) is 8.14. The summed E-state index contributed by atoms with van der Waals surface area (Å²) in [7, 11) is 0. The fourth-order valence-electron chi connectivity index (χ4n) is 2.83. The van der Waals surface area contributed by atoms with Gasteiger partial charge < -0.3 is 10.2 Å². The highest BCUT2D eigenvalue weighted by Gasteiger charge is 2.19. The van der Waals surface area contributed by atoms with Gasteiger partial charge in [-0.05, 0) is 37.8 Å². The number of aromatic nitrogens is 2. The fourth-order valence-corrected chi connectivity index (χ4v) is 2.83. The molecule has 0 saturated carbocycles. The molecule has 1 aromatic carbocycles. The average molecular weight is 310 g/mol. The van der Waals surface area contributed by atoms with Gasteiger partial charge in [0.15, 0.2) is 0 Å². The predicted molar refractivity (Wildman–Crippen MR) is 90.3 cm³/mol. The third-order valence-electron chi connectivity index (χ3n) is 4.05. The Bertz CT molecular complexity index is 680. The van der Waals surface area contributed by atoms with E-state index in [4.69, 9.17) is 0 Å². The lowest BCUT2D eigenvalue weighted by molar-refractivity contribution is 0.0718. The highest BCUT2D eigenvalue weighted by molar-refractivity contribution is 5.92. The molecule has 0 aliphatic carbocycles. The fraction of sp³-hybridized carbons (Fsp3) is 0.389. The molecule has 1 N–H and O–H groups in total. The van der Waals surface area contributed by atoms with Gasteiger partial charge in [-0.25, -0.2) is 9.97 Å². The average Bonchev–Trinajstić information content (AvgIpc) is 2.60. The summed E-state index contributed by atoms with van der Waals surface area (Å²) in [5, 5.41) is 3.19. The minimum absolute atomic E-state index is 0.00528. The van der Waals surface area contributed by atoms with Gasteiger partial charge in [-0.2, -0.15) is 0 Å². The van der Waals surface area contributed by atoms with Gasteiger partial charge in [0.25, 0.3) is 5.91 Å². The van der Waals surface area contributed by atoms with E-state index >= 15 is 0 Å². The number of nitrogens with zero attached hydrogens (tertiary/aromatic N) is 3. The predicted octanol–water partition coefficient (Wildman–Crippen LogP) is 3.02. The number of benzene rings is 1. The van der Waals surface area contributed by atoms with Gasteiger partial charge in [-0.15, -0.1) is 0 Å². The maximum absolute atomic E-state index is 12.5. The van der Waals surface area contributed by atoms with Gasteiger partial charge >= 0.3 is 0 Å². The second-order valence-corrected chi connectivity index (χ2v) is 5.96. The highest BCUT2D eigenvalue weighted by Crippen LogP contribution is 2.13. The van der Waals surface area contributed by atoms with E-state index in [0.29, 0.717) is 18.2 Å². The van der Waals surface area contributed by atoms with E-state index in [0.717, 1.165) is 25.9 Å². The number of carbonyl (C=O) groups is 1. The molecule has 5 heteroatoms. The first-order valence-electron chi connectivity index (χ1n) is 8.14. The van der Waals surface area contributed by atoms with Crippen LogP contribution >= 0.6 is 0 Å². The van der Waals surface area contributed by atoms with Crippen LogP contribution in [0.3, 0.4) is 0 Å². The molecule has 1 fully saturated rings. The molecule has 1 amide bonds. The second-order valence-electron chi connectivity index (χ2n) is 5.96. The molecule has 0 bridgehead atoms. The van der Waals surface area contributed by atoms with Gasteiger partial charge in [0.2, 0.25) is 5.95 Å². The number of hydrogen-bond donors (Lipinski definition) is 1. The van der Waals surface area contributed by atoms with Crippen LogP contribution in [0.2, 0.25) is 0 Å². The zero-order valence-corrected chi connectivity index (χ0v) is 13.5. The lowest BCUT2D eigenvalue weighted by Gasteiger charge is -2.26. The van der Waals surface area contributed by atoms with E-state index < -0.39 is 0 Å². The van der Waals surface area contributed by atoms with Crippen LogP contribution in [-0.2, 0) is 6.54 Å². The summed E-state index contributed by atoms with van der Waals surface area (Å²) in [5.74, 6) is 0.500. The summed E-state index contributed by atoms with van der Waals surface area (Å²) in [5.41, 5.74) is 2.86. The van der Waals surface area contributed by atoms with Gasteiger partial charge in [-0.1, -0.05) is 29.8 Å². The van der Waals surface area contributed by atoms with Crippen molar-refractivity contribution in [2.24, 2.45) is 0 Å². The summed E-state index contributed by atoms with van der Waals surface area (Å²) in [6.07, 6.45) is 5.00. The SMILES string of the molecule is Cc1cccc(CNc2nccc(C(=O)N3CCCCC3)n2)c1. The molecular formula is C18H22N4O. The summed E-state index contributed by atoms with van der Waals surface area (Å²) in [6, 6.07) is 9.97. The topological polar surface area (TPSA) is 58.1 Å². The quantitative estimate of drug-likeness (QED) is 0.943. The van der Waals surface area contributed by atoms with Crippen molar-refractivity contribution in [3.8, 4) is 0 Å². The van der Waals surface area contributed by atoms with Crippen molar-refractivity contribution in [3.63, 3.8) is 0 Å². The van der Waals surface area contributed by atoms with Crippen LogP contribution < -0.4 is 5.32 Å². The number of rotatable bonds is 4. The van der Waals surface area contributed by atoms with Crippen LogP contribution in [0.5, 0.6) is 0 Å². The number of piperidine rings is 1. The molecule has 0 unspecified atom stereocenters. The molecule has 1 saturated heterocycles. The molecule has 1 aliphatic heterocycles. The Kier molecular flexibility index (Phi) is 4.86. The molecule has 0 spiro atoms. The molecule has 120 valence electrons. The van der Waals surface area contributed by atoms with Crippen molar-refractivity contribution in [2.75, 3.05) is 18.4 Å². The summed E-state index contributed by atoms with van der Waals surface area (Å²) < 4.78 is 0. The van der Waals surface area contributed by atoms with E-state index in [-0.39, 0.29) is 5.91 Å². The maximum Gasteiger partial charge on any atom is 0.272 e. The first kappa shape index (κ1) is 15.5. The lowest BCUT2D eigenvalue weighted by atomic mass is 10.1. The Balaban J connectivity index is 1.66. The van der Waals surface area contributed by atoms with Crippen molar-refractivity contribution < 1.29 is 4.79 Å². The van der Waals surface area contributed by atoms with E-state index in [1.165, 1.54) is 17.5 Å². The largest absolute Gasteiger partial charge is 0.350 e. The van der Waals surface area contributed by atoms with Crippen LogP contribution in [0, 0.1) is 6.92 Å². The van der Waals surface area contributed by atoms with Crippen molar-refractivity contribution >= 4 is 11.9 Å². The van der Waals surface area contributed by atoms with Crippen molar-refractivity contribution in [1.82, 2.24) is 14.9 Å². The Hall–Kier alpha value is -2.43. The Morgan fingerprint density at radius 2 is 2.04 bits per heavy atom. The van der Waals surface area contributed by atoms with E-state index in [1.807, 2.05) is 11.0 Å². The molecule has 0 atom stereocenters. The van der Waals surface area contributed by atoms with Crippen LogP contribution in [0.15, 0.2) is 36.5 Å². The smallest absolute Gasteiger partial charge is 0.272 e. The van der Waals surface area contributed by atoms with E-state index in [9.17, 15) is 4.79 Å². The zero-order chi connectivity index (χ0) is 16.1. The molecule has 2 aromatic rings. The number of amides is 1. The molecule has 1 aliphatic rings. The highest BCUT2D eigenvalue weighted by atomic mass is 16.2. The lowest BCUT2D eigenvalue weighted by Crippen LogP contribution is -2.36. The number of anilines is 1. The van der Waals surface area contributed by atoms with Gasteiger partial charge in [0.1, 0.15) is 5.69 Å². The summed E-state index contributed by atoms with van der Waals surface area (Å²) in [6.45, 7) is 4.37. The van der Waals surface area contributed by atoms with Gasteiger partial charge in [0, 0.05) is 25.8 Å². The number of nitrogens with one attached hydrogen (secondary N) is 1. The Labute approximate surface area is 136 Å². The standard InChI is InChI=1S/C18H22N4O/c1-14-6-5-7-15(12-14)13-20-18-19-9-8-16(21-18)17(23)22-10-3-2-4-11-22/h5-9,12H,2-4,10-11,13H2,1H3,(H,19,20,21). The molecule has 0 radical (unpaired) electrons. The molecular weight excluding hydrogens is 288 g/mol. The molecule has 5 nitrogen and oxygen atoms in total. The third-order valence-corrected chi connectivity index (χ3v) is 4.05. The Morgan fingerprint density at radius 1 is 1.22 bits per heavy atom. The number of carbonyl (C=O) groups excluding carboxylic acids is 1. The first-order chi connectivity index (χ1) is 11.2. The van der Waals surface area contributed by atoms with Crippen LogP contribution in [0.1, 0.15) is 40.9 Å². The monoisotopic (exact) mass is 310 g/mol. The second kappa shape index (κ2) is 7.22. The van der Waals surface area contributed by atoms with Crippen LogP contribution in [-0.4, -0.2) is 33.9 Å². The Morgan fingerprint density at radius 3 is 2.83 bits per heavy atom. The maximum atomic E-state index is 12.5. The van der Waals surface area contributed by atoms with Crippen molar-refractivity contribution in [3.05, 3.63) is 53.3 Å². The van der Waals surface area contributed by atoms with Gasteiger partial charge in [-0.3, -0.25) is 4.79 Å². The molecule has 1 aromatic heterocycles. The van der Waals surface area contributed by atoms with Crippen LogP contribution in [0.25, 0.3) is 0 Å². The molecule has 3 rings (SSSR count). The number of aryl methyl sites for hydroxylation is 1. The van der Waals surface area contributed by atoms with E-state index in [2.05, 4.69) is 40.4 Å².